The second-order valence-electron chi connectivity index (χ2n) is 8.50. The van der Waals surface area contributed by atoms with E-state index in [0.29, 0.717) is 12.2 Å². The van der Waals surface area contributed by atoms with Crippen LogP contribution in [0.2, 0.25) is 0 Å². The molecule has 2 aromatic carbocycles. The van der Waals surface area contributed by atoms with Crippen LogP contribution in [-0.2, 0) is 16.1 Å². The van der Waals surface area contributed by atoms with Gasteiger partial charge in [-0.15, -0.1) is 13.2 Å². The van der Waals surface area contributed by atoms with E-state index in [1.807, 2.05) is 34.9 Å². The Morgan fingerprint density at radius 2 is 1.86 bits per heavy atom. The number of aliphatic hydroxyl groups is 1. The number of aliphatic hydroxyl groups excluding tert-OH is 1. The van der Waals surface area contributed by atoms with E-state index >= 15 is 0 Å². The van der Waals surface area contributed by atoms with Crippen LogP contribution in [0.1, 0.15) is 33.1 Å². The molecule has 1 N–H and O–H groups in total. The fourth-order valence-corrected chi connectivity index (χ4v) is 3.74. The van der Waals surface area contributed by atoms with Crippen LogP contribution < -0.4 is 9.47 Å². The van der Waals surface area contributed by atoms with Crippen LogP contribution in [0.25, 0.3) is 22.2 Å². The van der Waals surface area contributed by atoms with E-state index in [-0.39, 0.29) is 35.8 Å². The summed E-state index contributed by atoms with van der Waals surface area (Å²) in [5, 5.41) is 11.0. The van der Waals surface area contributed by atoms with Gasteiger partial charge in [-0.2, -0.15) is 0 Å². The highest BCUT2D eigenvalue weighted by molar-refractivity contribution is 5.88. The molecule has 0 fully saturated rings. The fraction of sp³-hybridized carbons (Fsp3) is 0.370. The molecule has 0 radical (unpaired) electrons. The van der Waals surface area contributed by atoms with Crippen molar-refractivity contribution in [1.29, 1.82) is 0 Å². The molecule has 3 rings (SSSR count). The molecule has 1 unspecified atom stereocenters. The molecule has 194 valence electrons. The molecule has 1 atom stereocenters. The third kappa shape index (κ3) is 7.27. The highest BCUT2D eigenvalue weighted by Crippen LogP contribution is 2.39. The lowest BCUT2D eigenvalue weighted by Gasteiger charge is -2.18. The number of hydrogen-bond donors (Lipinski definition) is 1. The van der Waals surface area contributed by atoms with E-state index in [1.54, 1.807) is 0 Å². The number of para-hydroxylation sites is 1. The predicted molar refractivity (Wildman–Crippen MR) is 131 cm³/mol. The standard InChI is InChI=1S/C27H30F3NO5/c1-4-5-8-13-31-23-10-7-6-9-19(23)14-24(31)22-15-21(11-12-25(22)36-27(28,29)30)34-16-20(32)17-35-26(33)18(2)3/h6-7,9-12,14-15,20,32H,2,4-5,8,13,16-17H2,1,3H3. The number of carbonyl (C=O) groups excluding carboxylic acids is 1. The number of benzene rings is 2. The molecule has 0 amide bonds. The number of aryl methyl sites for hydroxylation is 1. The molecule has 1 heterocycles. The molecule has 0 bridgehead atoms. The summed E-state index contributed by atoms with van der Waals surface area (Å²) in [7, 11) is 0. The second kappa shape index (κ2) is 12.0. The summed E-state index contributed by atoms with van der Waals surface area (Å²) >= 11 is 0. The lowest BCUT2D eigenvalue weighted by atomic mass is 10.1. The first-order chi connectivity index (χ1) is 17.1. The summed E-state index contributed by atoms with van der Waals surface area (Å²) in [4.78, 5) is 11.5. The van der Waals surface area contributed by atoms with Gasteiger partial charge in [0.2, 0.25) is 0 Å². The van der Waals surface area contributed by atoms with Crippen LogP contribution in [-0.4, -0.2) is 41.3 Å². The Kier molecular flexibility index (Phi) is 9.03. The summed E-state index contributed by atoms with van der Waals surface area (Å²) in [6.45, 7) is 7.12. The van der Waals surface area contributed by atoms with Crippen LogP contribution in [0.4, 0.5) is 13.2 Å². The average Bonchev–Trinajstić information content (AvgIpc) is 3.19. The number of halogens is 3. The maximum absolute atomic E-state index is 13.2. The highest BCUT2D eigenvalue weighted by Gasteiger charge is 2.33. The number of hydrogen-bond acceptors (Lipinski definition) is 5. The van der Waals surface area contributed by atoms with Crippen LogP contribution in [0.3, 0.4) is 0 Å². The molecule has 3 aromatic rings. The monoisotopic (exact) mass is 505 g/mol. The van der Waals surface area contributed by atoms with Crippen molar-refractivity contribution in [2.45, 2.75) is 52.1 Å². The van der Waals surface area contributed by atoms with Gasteiger partial charge in [0.15, 0.2) is 0 Å². The zero-order chi connectivity index (χ0) is 26.3. The molecule has 36 heavy (non-hydrogen) atoms. The van der Waals surface area contributed by atoms with Gasteiger partial charge in [-0.3, -0.25) is 0 Å². The average molecular weight is 506 g/mol. The van der Waals surface area contributed by atoms with Gasteiger partial charge in [-0.1, -0.05) is 44.5 Å². The summed E-state index contributed by atoms with van der Waals surface area (Å²) in [6, 6.07) is 13.4. The van der Waals surface area contributed by atoms with Crippen LogP contribution in [0, 0.1) is 0 Å². The summed E-state index contributed by atoms with van der Waals surface area (Å²) in [6.07, 6.45) is -3.16. The number of ether oxygens (including phenoxy) is 3. The Labute approximate surface area is 207 Å². The fourth-order valence-electron chi connectivity index (χ4n) is 3.74. The van der Waals surface area contributed by atoms with Crippen molar-refractivity contribution in [3.05, 3.63) is 60.7 Å². The number of carbonyl (C=O) groups is 1. The quantitative estimate of drug-likeness (QED) is 0.179. The molecule has 0 aliphatic heterocycles. The van der Waals surface area contributed by atoms with Crippen molar-refractivity contribution in [2.75, 3.05) is 13.2 Å². The third-order valence-corrected chi connectivity index (χ3v) is 5.45. The van der Waals surface area contributed by atoms with Crippen molar-refractivity contribution in [3.8, 4) is 22.8 Å². The van der Waals surface area contributed by atoms with Gasteiger partial charge in [0.05, 0.1) is 5.69 Å². The summed E-state index contributed by atoms with van der Waals surface area (Å²) < 4.78 is 56.5. The van der Waals surface area contributed by atoms with E-state index in [2.05, 4.69) is 18.2 Å². The molecule has 6 nitrogen and oxygen atoms in total. The van der Waals surface area contributed by atoms with Crippen molar-refractivity contribution < 1.29 is 37.3 Å². The first kappa shape index (κ1) is 27.1. The number of unbranched alkanes of at least 4 members (excludes halogenated alkanes) is 2. The van der Waals surface area contributed by atoms with Gasteiger partial charge in [0.25, 0.3) is 0 Å². The lowest BCUT2D eigenvalue weighted by molar-refractivity contribution is -0.274. The van der Waals surface area contributed by atoms with Gasteiger partial charge in [0, 0.05) is 28.6 Å². The minimum Gasteiger partial charge on any atom is -0.491 e. The molecule has 0 spiro atoms. The molecule has 0 aliphatic rings. The normalized spacial score (nSPS) is 12.4. The van der Waals surface area contributed by atoms with Gasteiger partial charge in [0.1, 0.15) is 30.8 Å². The Balaban J connectivity index is 1.93. The van der Waals surface area contributed by atoms with Crippen molar-refractivity contribution >= 4 is 16.9 Å². The van der Waals surface area contributed by atoms with E-state index < -0.39 is 18.4 Å². The molecular weight excluding hydrogens is 475 g/mol. The number of esters is 1. The Morgan fingerprint density at radius 1 is 1.11 bits per heavy atom. The number of rotatable bonds is 12. The number of nitrogens with zero attached hydrogens (tertiary/aromatic N) is 1. The Hall–Kier alpha value is -3.46. The largest absolute Gasteiger partial charge is 0.573 e. The van der Waals surface area contributed by atoms with Gasteiger partial charge < -0.3 is 23.9 Å². The number of fused-ring (bicyclic) bond motifs is 1. The molecular formula is C27H30F3NO5. The van der Waals surface area contributed by atoms with Crippen molar-refractivity contribution in [3.63, 3.8) is 0 Å². The zero-order valence-electron chi connectivity index (χ0n) is 20.3. The van der Waals surface area contributed by atoms with E-state index in [4.69, 9.17) is 9.47 Å². The Morgan fingerprint density at radius 3 is 2.56 bits per heavy atom. The summed E-state index contributed by atoms with van der Waals surface area (Å²) in [5.74, 6) is -0.763. The van der Waals surface area contributed by atoms with Gasteiger partial charge in [-0.05, 0) is 43.7 Å². The smallest absolute Gasteiger partial charge is 0.491 e. The van der Waals surface area contributed by atoms with Crippen molar-refractivity contribution in [2.24, 2.45) is 0 Å². The van der Waals surface area contributed by atoms with E-state index in [9.17, 15) is 23.1 Å². The molecule has 0 saturated carbocycles. The maximum Gasteiger partial charge on any atom is 0.573 e. The van der Waals surface area contributed by atoms with Crippen LogP contribution >= 0.6 is 0 Å². The van der Waals surface area contributed by atoms with Crippen LogP contribution in [0.15, 0.2) is 60.7 Å². The third-order valence-electron chi connectivity index (χ3n) is 5.45. The Bertz CT molecular complexity index is 1200. The topological polar surface area (TPSA) is 69.9 Å². The highest BCUT2D eigenvalue weighted by atomic mass is 19.4. The van der Waals surface area contributed by atoms with Crippen LogP contribution in [0.5, 0.6) is 11.5 Å². The first-order valence-corrected chi connectivity index (χ1v) is 11.7. The SMILES string of the molecule is C=C(C)C(=O)OCC(O)COc1ccc(OC(F)(F)F)c(-c2cc3ccccc3n2CCCCC)c1. The van der Waals surface area contributed by atoms with Crippen molar-refractivity contribution in [1.82, 2.24) is 4.57 Å². The zero-order valence-corrected chi connectivity index (χ0v) is 20.3. The minimum atomic E-state index is -4.88. The van der Waals surface area contributed by atoms with E-state index in [0.717, 1.165) is 30.2 Å². The second-order valence-corrected chi connectivity index (χ2v) is 8.50. The molecule has 0 aliphatic carbocycles. The maximum atomic E-state index is 13.2. The van der Waals surface area contributed by atoms with Gasteiger partial charge >= 0.3 is 12.3 Å². The van der Waals surface area contributed by atoms with E-state index in [1.165, 1.54) is 25.1 Å². The number of aromatic nitrogens is 1. The predicted octanol–water partition coefficient (Wildman–Crippen LogP) is 6.26. The lowest BCUT2D eigenvalue weighted by Crippen LogP contribution is -2.25. The molecule has 0 saturated heterocycles. The molecule has 1 aromatic heterocycles. The summed E-state index contributed by atoms with van der Waals surface area (Å²) in [5.41, 5.74) is 1.87. The number of alkyl halides is 3. The first-order valence-electron chi connectivity index (χ1n) is 11.7. The molecule has 9 heteroatoms. The minimum absolute atomic E-state index is 0.197. The van der Waals surface area contributed by atoms with Gasteiger partial charge in [-0.25, -0.2) is 4.79 Å².